The maximum Gasteiger partial charge on any atom is 0.230 e. The Hall–Kier alpha value is -3.93. The first-order valence-electron chi connectivity index (χ1n) is 12.2. The highest BCUT2D eigenvalue weighted by Gasteiger charge is 2.42. The number of rotatable bonds is 4. The molecule has 2 atom stereocenters. The van der Waals surface area contributed by atoms with Crippen LogP contribution >= 0.6 is 0 Å². The van der Waals surface area contributed by atoms with Gasteiger partial charge in [-0.2, -0.15) is 0 Å². The number of ether oxygens (including phenoxy) is 1. The van der Waals surface area contributed by atoms with Crippen molar-refractivity contribution in [2.24, 2.45) is 5.92 Å². The topological polar surface area (TPSA) is 58.6 Å². The molecular formula is C30H29FN2O3. The van der Waals surface area contributed by atoms with Gasteiger partial charge in [0, 0.05) is 23.6 Å². The van der Waals surface area contributed by atoms with Gasteiger partial charge in [-0.25, -0.2) is 4.39 Å². The summed E-state index contributed by atoms with van der Waals surface area (Å²) in [6.07, 6.45) is 0.899. The number of allylic oxidation sites excluding steroid dienone is 1. The Balaban J connectivity index is 1.69. The molecule has 1 heterocycles. The third-order valence-corrected chi connectivity index (χ3v) is 6.97. The highest BCUT2D eigenvalue weighted by Crippen LogP contribution is 2.47. The van der Waals surface area contributed by atoms with Gasteiger partial charge in [-0.15, -0.1) is 0 Å². The first kappa shape index (κ1) is 23.8. The van der Waals surface area contributed by atoms with Crippen molar-refractivity contribution in [1.29, 1.82) is 0 Å². The zero-order chi connectivity index (χ0) is 25.4. The van der Waals surface area contributed by atoms with Gasteiger partial charge in [-0.1, -0.05) is 50.2 Å². The van der Waals surface area contributed by atoms with Crippen LogP contribution in [0.3, 0.4) is 0 Å². The molecule has 0 aromatic heterocycles. The van der Waals surface area contributed by atoms with E-state index in [2.05, 4.69) is 5.32 Å². The molecule has 2 aliphatic rings. The Kier molecular flexibility index (Phi) is 6.35. The largest absolute Gasteiger partial charge is 0.497 e. The molecule has 0 unspecified atom stereocenters. The summed E-state index contributed by atoms with van der Waals surface area (Å²) >= 11 is 0. The number of carbonyl (C=O) groups excluding carboxylic acids is 2. The summed E-state index contributed by atoms with van der Waals surface area (Å²) in [4.78, 5) is 29.2. The maximum absolute atomic E-state index is 14.4. The van der Waals surface area contributed by atoms with Crippen molar-refractivity contribution in [2.45, 2.75) is 38.6 Å². The quantitative estimate of drug-likeness (QED) is 0.466. The van der Waals surface area contributed by atoms with E-state index in [1.54, 1.807) is 24.1 Å². The fourth-order valence-corrected chi connectivity index (χ4v) is 5.21. The van der Waals surface area contributed by atoms with Crippen LogP contribution < -0.4 is 15.0 Å². The number of benzene rings is 3. The lowest BCUT2D eigenvalue weighted by Gasteiger charge is -2.36. The van der Waals surface area contributed by atoms with Crippen LogP contribution in [0, 0.1) is 11.7 Å². The molecule has 0 fully saturated rings. The number of fused-ring (bicyclic) bond motifs is 1. The molecule has 3 aromatic carbocycles. The van der Waals surface area contributed by atoms with Gasteiger partial charge in [0.2, 0.25) is 5.91 Å². The Morgan fingerprint density at radius 1 is 1.00 bits per heavy atom. The highest BCUT2D eigenvalue weighted by atomic mass is 19.1. The van der Waals surface area contributed by atoms with E-state index in [9.17, 15) is 14.0 Å². The van der Waals surface area contributed by atoms with Crippen molar-refractivity contribution in [2.75, 3.05) is 17.3 Å². The number of nitrogens with zero attached hydrogens (tertiary/aromatic N) is 1. The van der Waals surface area contributed by atoms with E-state index in [-0.39, 0.29) is 23.5 Å². The molecule has 1 amide bonds. The van der Waals surface area contributed by atoms with Crippen LogP contribution in [-0.4, -0.2) is 18.8 Å². The minimum Gasteiger partial charge on any atom is -0.497 e. The smallest absolute Gasteiger partial charge is 0.230 e. The second kappa shape index (κ2) is 9.61. The number of halogens is 1. The summed E-state index contributed by atoms with van der Waals surface area (Å²) < 4.78 is 19.7. The van der Waals surface area contributed by atoms with Crippen LogP contribution in [0.15, 0.2) is 84.1 Å². The van der Waals surface area contributed by atoms with Gasteiger partial charge >= 0.3 is 0 Å². The summed E-state index contributed by atoms with van der Waals surface area (Å²) in [6.45, 7) is 3.67. The van der Waals surface area contributed by atoms with Crippen molar-refractivity contribution in [3.63, 3.8) is 0 Å². The second-order valence-corrected chi connectivity index (χ2v) is 9.66. The lowest BCUT2D eigenvalue weighted by molar-refractivity contribution is -0.121. The fraction of sp³-hybridized carbons (Fsp3) is 0.267. The van der Waals surface area contributed by atoms with E-state index in [0.717, 1.165) is 22.7 Å². The summed E-state index contributed by atoms with van der Waals surface area (Å²) in [6, 6.07) is 20.8. The van der Waals surface area contributed by atoms with Crippen LogP contribution in [0.4, 0.5) is 15.8 Å². The second-order valence-electron chi connectivity index (χ2n) is 9.66. The lowest BCUT2D eigenvalue weighted by atomic mass is 9.78. The van der Waals surface area contributed by atoms with Crippen molar-refractivity contribution in [3.8, 4) is 5.75 Å². The summed E-state index contributed by atoms with van der Waals surface area (Å²) in [7, 11) is 1.62. The van der Waals surface area contributed by atoms with Crippen molar-refractivity contribution >= 4 is 23.1 Å². The molecule has 184 valence electrons. The van der Waals surface area contributed by atoms with Crippen LogP contribution in [0.5, 0.6) is 5.75 Å². The summed E-state index contributed by atoms with van der Waals surface area (Å²) in [5, 5.41) is 3.50. The van der Waals surface area contributed by atoms with Crippen LogP contribution in [0.2, 0.25) is 0 Å². The molecule has 0 spiro atoms. The number of Topliss-reactive ketones (excluding diaryl/α,β-unsaturated/α-hetero) is 1. The van der Waals surface area contributed by atoms with Crippen LogP contribution in [-0.2, 0) is 9.59 Å². The fourth-order valence-electron chi connectivity index (χ4n) is 5.21. The van der Waals surface area contributed by atoms with Crippen molar-refractivity contribution in [1.82, 2.24) is 0 Å². The predicted octanol–water partition coefficient (Wildman–Crippen LogP) is 6.39. The van der Waals surface area contributed by atoms with E-state index in [4.69, 9.17) is 4.74 Å². The van der Waals surface area contributed by atoms with E-state index in [0.29, 0.717) is 29.7 Å². The minimum absolute atomic E-state index is 0.0256. The lowest BCUT2D eigenvalue weighted by Crippen LogP contribution is -2.40. The molecule has 5 nitrogen and oxygen atoms in total. The maximum atomic E-state index is 14.4. The molecule has 0 saturated carbocycles. The zero-order valence-electron chi connectivity index (χ0n) is 20.6. The van der Waals surface area contributed by atoms with Gasteiger partial charge < -0.3 is 10.1 Å². The van der Waals surface area contributed by atoms with Gasteiger partial charge in [0.25, 0.3) is 0 Å². The number of anilines is 2. The highest BCUT2D eigenvalue weighted by molar-refractivity contribution is 6.06. The molecule has 0 bridgehead atoms. The average Bonchev–Trinajstić information content (AvgIpc) is 3.03. The Labute approximate surface area is 210 Å². The predicted molar refractivity (Wildman–Crippen MR) is 139 cm³/mol. The molecule has 1 aliphatic carbocycles. The molecule has 36 heavy (non-hydrogen) atoms. The number of nitrogens with one attached hydrogen (secondary N) is 1. The third kappa shape index (κ3) is 4.28. The molecule has 1 N–H and O–H groups in total. The summed E-state index contributed by atoms with van der Waals surface area (Å²) in [5.74, 6) is -0.164. The average molecular weight is 485 g/mol. The normalized spacial score (nSPS) is 19.4. The number of amides is 1. The minimum atomic E-state index is -0.730. The third-order valence-electron chi connectivity index (χ3n) is 6.97. The number of hydrogen-bond donors (Lipinski definition) is 1. The number of carbonyl (C=O) groups is 2. The standard InChI is InChI=1S/C30H29FN2O3/c1-18(2)30(35)33-26-10-5-4-9-24(26)32-25-16-21(19-11-13-23(36-3)14-12-19)17-27(34)28(25)29(33)20-7-6-8-22(31)15-20/h4-15,18,21,29,32H,16-17H2,1-3H3/t21-,29+/m1/s1. The summed E-state index contributed by atoms with van der Waals surface area (Å²) in [5.41, 5.74) is 4.34. The Morgan fingerprint density at radius 2 is 1.75 bits per heavy atom. The van der Waals surface area contributed by atoms with Crippen molar-refractivity contribution in [3.05, 3.63) is 101 Å². The first-order valence-corrected chi connectivity index (χ1v) is 12.2. The molecule has 0 radical (unpaired) electrons. The van der Waals surface area contributed by atoms with Crippen LogP contribution in [0.25, 0.3) is 0 Å². The van der Waals surface area contributed by atoms with Gasteiger partial charge in [0.15, 0.2) is 5.78 Å². The molecule has 3 aromatic rings. The molecule has 0 saturated heterocycles. The van der Waals surface area contributed by atoms with Gasteiger partial charge in [0.1, 0.15) is 11.6 Å². The first-order chi connectivity index (χ1) is 17.4. The van der Waals surface area contributed by atoms with Gasteiger partial charge in [-0.3, -0.25) is 14.5 Å². The van der Waals surface area contributed by atoms with Crippen molar-refractivity contribution < 1.29 is 18.7 Å². The van der Waals surface area contributed by atoms with Crippen LogP contribution in [0.1, 0.15) is 49.8 Å². The Bertz CT molecular complexity index is 1350. The van der Waals surface area contributed by atoms with E-state index >= 15 is 0 Å². The number of hydrogen-bond acceptors (Lipinski definition) is 4. The van der Waals surface area contributed by atoms with Gasteiger partial charge in [0.05, 0.1) is 24.5 Å². The Morgan fingerprint density at radius 3 is 2.44 bits per heavy atom. The number of para-hydroxylation sites is 2. The molecule has 6 heteroatoms. The molecular weight excluding hydrogens is 455 g/mol. The molecule has 5 rings (SSSR count). The SMILES string of the molecule is COc1ccc([C@H]2CC(=O)C3=C(C2)Nc2ccccc2N(C(=O)C(C)C)[C@H]3c2cccc(F)c2)cc1. The molecule has 1 aliphatic heterocycles. The van der Waals surface area contributed by atoms with Gasteiger partial charge in [-0.05, 0) is 59.9 Å². The van der Waals surface area contributed by atoms with E-state index in [1.165, 1.54) is 12.1 Å². The number of methoxy groups -OCH3 is 1. The zero-order valence-corrected chi connectivity index (χ0v) is 20.6. The van der Waals surface area contributed by atoms with E-state index < -0.39 is 11.9 Å². The number of ketones is 1. The van der Waals surface area contributed by atoms with E-state index in [1.807, 2.05) is 62.4 Å². The monoisotopic (exact) mass is 484 g/mol.